The van der Waals surface area contributed by atoms with Gasteiger partial charge in [-0.1, -0.05) is 78.4 Å². The van der Waals surface area contributed by atoms with E-state index < -0.39 is 17.1 Å². The van der Waals surface area contributed by atoms with Crippen LogP contribution in [0.1, 0.15) is 32.3 Å². The highest BCUT2D eigenvalue weighted by Gasteiger charge is 2.24. The number of methoxy groups -OCH3 is 2. The number of hydrogen-bond acceptors (Lipinski definition) is 6. The largest absolute Gasteiger partial charge is 0.497 e. The first-order chi connectivity index (χ1) is 23.3. The van der Waals surface area contributed by atoms with E-state index in [-0.39, 0.29) is 11.6 Å². The Bertz CT molecular complexity index is 1910. The lowest BCUT2D eigenvalue weighted by atomic mass is 10.1. The topological polar surface area (TPSA) is 106 Å². The first-order valence-electron chi connectivity index (χ1n) is 15.1. The molecule has 242 valence electrons. The smallest absolute Gasteiger partial charge is 0.272 e. The maximum atomic E-state index is 13.7. The van der Waals surface area contributed by atoms with Gasteiger partial charge in [0, 0.05) is 22.2 Å². The maximum absolute atomic E-state index is 13.7. The highest BCUT2D eigenvalue weighted by Crippen LogP contribution is 2.38. The van der Waals surface area contributed by atoms with Gasteiger partial charge < -0.3 is 25.4 Å². The molecule has 0 saturated heterocycles. The Kier molecular flexibility index (Phi) is 11.3. The number of aryl methyl sites for hydroxylation is 1. The molecule has 0 aliphatic rings. The molecule has 8 nitrogen and oxygen atoms in total. The Morgan fingerprint density at radius 2 is 1.44 bits per heavy atom. The zero-order valence-electron chi connectivity index (χ0n) is 26.7. The van der Waals surface area contributed by atoms with Gasteiger partial charge in [-0.2, -0.15) is 0 Å². The lowest BCUT2D eigenvalue weighted by molar-refractivity contribution is -0.116. The van der Waals surface area contributed by atoms with Gasteiger partial charge in [-0.05, 0) is 72.7 Å². The Balaban J connectivity index is 1.34. The minimum Gasteiger partial charge on any atom is -0.497 e. The fraction of sp³-hybridized carbons (Fsp3) is 0.103. The average Bonchev–Trinajstić information content (AvgIpc) is 3.11. The van der Waals surface area contributed by atoms with Gasteiger partial charge in [-0.15, -0.1) is 11.8 Å². The van der Waals surface area contributed by atoms with E-state index in [1.165, 1.54) is 11.8 Å². The fourth-order valence-electron chi connectivity index (χ4n) is 4.83. The second-order valence-corrected chi connectivity index (χ2v) is 11.9. The zero-order chi connectivity index (χ0) is 33.9. The van der Waals surface area contributed by atoms with Crippen molar-refractivity contribution in [3.8, 4) is 11.5 Å². The number of amides is 3. The number of carbonyl (C=O) groups is 3. The van der Waals surface area contributed by atoms with Crippen LogP contribution in [0.25, 0.3) is 6.08 Å². The van der Waals surface area contributed by atoms with Gasteiger partial charge in [0.1, 0.15) is 22.4 Å². The SMILES string of the molecule is COc1ccc(OC)c(NC(=O)C(Sc2ccc(NC(=O)/C(=C/c3cccc(C)c3)NC(=O)c3ccccc3)cc2)c2ccccc2)c1. The van der Waals surface area contributed by atoms with Gasteiger partial charge in [0.15, 0.2) is 0 Å². The Hall–Kier alpha value is -5.80. The number of anilines is 2. The molecule has 9 heteroatoms. The summed E-state index contributed by atoms with van der Waals surface area (Å²) < 4.78 is 10.8. The monoisotopic (exact) mass is 657 g/mol. The van der Waals surface area contributed by atoms with Crippen LogP contribution in [0.15, 0.2) is 138 Å². The van der Waals surface area contributed by atoms with Crippen LogP contribution in [0.3, 0.4) is 0 Å². The predicted octanol–water partition coefficient (Wildman–Crippen LogP) is 7.89. The van der Waals surface area contributed by atoms with Gasteiger partial charge in [-0.25, -0.2) is 0 Å². The molecular weight excluding hydrogens is 623 g/mol. The lowest BCUT2D eigenvalue weighted by Gasteiger charge is -2.19. The molecule has 5 aromatic carbocycles. The summed E-state index contributed by atoms with van der Waals surface area (Å²) in [5.41, 5.74) is 4.17. The van der Waals surface area contributed by atoms with Crippen molar-refractivity contribution in [2.75, 3.05) is 24.9 Å². The van der Waals surface area contributed by atoms with Crippen molar-refractivity contribution < 1.29 is 23.9 Å². The first kappa shape index (κ1) is 33.6. The second-order valence-electron chi connectivity index (χ2n) is 10.7. The normalized spacial score (nSPS) is 11.6. The first-order valence-corrected chi connectivity index (χ1v) is 16.0. The molecule has 5 rings (SSSR count). The minimum absolute atomic E-state index is 0.0988. The number of nitrogens with one attached hydrogen (secondary N) is 3. The average molecular weight is 658 g/mol. The number of ether oxygens (including phenoxy) is 2. The molecule has 1 atom stereocenters. The number of benzene rings is 5. The number of rotatable bonds is 12. The van der Waals surface area contributed by atoms with E-state index in [1.807, 2.05) is 79.7 Å². The van der Waals surface area contributed by atoms with Crippen molar-refractivity contribution in [1.82, 2.24) is 5.32 Å². The molecule has 0 heterocycles. The van der Waals surface area contributed by atoms with E-state index >= 15 is 0 Å². The van der Waals surface area contributed by atoms with Gasteiger partial charge in [0.25, 0.3) is 11.8 Å². The zero-order valence-corrected chi connectivity index (χ0v) is 27.5. The van der Waals surface area contributed by atoms with E-state index in [2.05, 4.69) is 16.0 Å². The summed E-state index contributed by atoms with van der Waals surface area (Å²) in [5.74, 6) is -0.0145. The predicted molar refractivity (Wildman–Crippen MR) is 191 cm³/mol. The van der Waals surface area contributed by atoms with Crippen LogP contribution in [0.2, 0.25) is 0 Å². The number of carbonyl (C=O) groups excluding carboxylic acids is 3. The van der Waals surface area contributed by atoms with E-state index in [0.29, 0.717) is 28.4 Å². The van der Waals surface area contributed by atoms with Crippen molar-refractivity contribution in [2.24, 2.45) is 0 Å². The molecule has 0 saturated carbocycles. The summed E-state index contributed by atoms with van der Waals surface area (Å²) in [7, 11) is 3.10. The van der Waals surface area contributed by atoms with Crippen LogP contribution >= 0.6 is 11.8 Å². The molecular formula is C39H35N3O5S. The van der Waals surface area contributed by atoms with Crippen LogP contribution in [0.4, 0.5) is 11.4 Å². The summed E-state index contributed by atoms with van der Waals surface area (Å²) in [6.07, 6.45) is 1.65. The Labute approximate surface area is 284 Å². The molecule has 0 aromatic heterocycles. The standard InChI is InChI=1S/C39H35N3O5S/c1-26-11-10-12-27(23-26)24-34(42-37(43)29-15-8-5-9-16-29)38(44)40-30-17-20-32(21-18-30)48-36(28-13-6-4-7-14-28)39(45)41-33-25-31(46-2)19-22-35(33)47-3/h4-25,36H,1-3H3,(H,40,44)(H,41,45)(H,42,43)/b34-24-. The molecule has 0 radical (unpaired) electrons. The molecule has 0 spiro atoms. The summed E-state index contributed by atoms with van der Waals surface area (Å²) in [4.78, 5) is 41.0. The van der Waals surface area contributed by atoms with Crippen LogP contribution in [-0.2, 0) is 9.59 Å². The van der Waals surface area contributed by atoms with Crippen LogP contribution in [0, 0.1) is 6.92 Å². The van der Waals surface area contributed by atoms with Gasteiger partial charge in [0.05, 0.1) is 19.9 Å². The second kappa shape index (κ2) is 16.2. The van der Waals surface area contributed by atoms with Crippen molar-refractivity contribution in [1.29, 1.82) is 0 Å². The summed E-state index contributed by atoms with van der Waals surface area (Å²) in [6, 6.07) is 38.2. The van der Waals surface area contributed by atoms with Crippen LogP contribution in [0.5, 0.6) is 11.5 Å². The molecule has 3 N–H and O–H groups in total. The molecule has 0 fully saturated rings. The minimum atomic E-state index is -0.598. The van der Waals surface area contributed by atoms with E-state index in [9.17, 15) is 14.4 Å². The lowest BCUT2D eigenvalue weighted by Crippen LogP contribution is -2.30. The van der Waals surface area contributed by atoms with Crippen molar-refractivity contribution >= 4 is 46.9 Å². The van der Waals surface area contributed by atoms with Gasteiger partial charge in [0.2, 0.25) is 5.91 Å². The quantitative estimate of drug-likeness (QED) is 0.0931. The van der Waals surface area contributed by atoms with Crippen molar-refractivity contribution in [3.63, 3.8) is 0 Å². The van der Waals surface area contributed by atoms with Crippen molar-refractivity contribution in [2.45, 2.75) is 17.1 Å². The van der Waals surface area contributed by atoms with Crippen LogP contribution in [-0.4, -0.2) is 31.9 Å². The van der Waals surface area contributed by atoms with E-state index in [0.717, 1.165) is 21.6 Å². The Morgan fingerprint density at radius 1 is 0.729 bits per heavy atom. The van der Waals surface area contributed by atoms with E-state index in [1.54, 1.807) is 74.9 Å². The highest BCUT2D eigenvalue weighted by atomic mass is 32.2. The molecule has 0 bridgehead atoms. The molecule has 5 aromatic rings. The molecule has 48 heavy (non-hydrogen) atoms. The summed E-state index contributed by atoms with van der Waals surface area (Å²) in [5, 5.41) is 8.05. The molecule has 3 amide bonds. The third kappa shape index (κ3) is 8.92. The molecule has 1 unspecified atom stereocenters. The van der Waals surface area contributed by atoms with Gasteiger partial charge in [-0.3, -0.25) is 14.4 Å². The highest BCUT2D eigenvalue weighted by molar-refractivity contribution is 8.00. The number of hydrogen-bond donors (Lipinski definition) is 3. The summed E-state index contributed by atoms with van der Waals surface area (Å²) >= 11 is 1.37. The third-order valence-corrected chi connectivity index (χ3v) is 8.52. The molecule has 0 aliphatic carbocycles. The number of thioether (sulfide) groups is 1. The van der Waals surface area contributed by atoms with Gasteiger partial charge >= 0.3 is 0 Å². The Morgan fingerprint density at radius 3 is 2.10 bits per heavy atom. The molecule has 0 aliphatic heterocycles. The van der Waals surface area contributed by atoms with Crippen LogP contribution < -0.4 is 25.4 Å². The van der Waals surface area contributed by atoms with E-state index in [4.69, 9.17) is 9.47 Å². The fourth-order valence-corrected chi connectivity index (χ4v) is 5.86. The third-order valence-electron chi connectivity index (χ3n) is 7.25. The summed E-state index contributed by atoms with van der Waals surface area (Å²) in [6.45, 7) is 1.96. The maximum Gasteiger partial charge on any atom is 0.272 e. The van der Waals surface area contributed by atoms with Crippen molar-refractivity contribution in [3.05, 3.63) is 155 Å².